The zero-order chi connectivity index (χ0) is 21.4. The van der Waals surface area contributed by atoms with Crippen molar-refractivity contribution in [3.05, 3.63) is 47.5 Å². The summed E-state index contributed by atoms with van der Waals surface area (Å²) < 4.78 is 21.0. The Hall–Kier alpha value is -3.11. The van der Waals surface area contributed by atoms with Gasteiger partial charge in [0.25, 0.3) is 5.91 Å². The van der Waals surface area contributed by atoms with Crippen molar-refractivity contribution < 1.29 is 13.7 Å². The van der Waals surface area contributed by atoms with Gasteiger partial charge in [0.1, 0.15) is 17.8 Å². The molecule has 1 aromatic carbocycles. The molecule has 1 aliphatic heterocycles. The molecular formula is C20H24FN7O2. The van der Waals surface area contributed by atoms with Gasteiger partial charge in [-0.3, -0.25) is 9.36 Å². The second-order valence-corrected chi connectivity index (χ2v) is 7.67. The number of rotatable bonds is 6. The van der Waals surface area contributed by atoms with Crippen LogP contribution in [-0.4, -0.2) is 69.6 Å². The molecule has 30 heavy (non-hydrogen) atoms. The first-order valence-corrected chi connectivity index (χ1v) is 9.69. The molecule has 3 aromatic rings. The average Bonchev–Trinajstić information content (AvgIpc) is 3.32. The standard InChI is InChI=1S/C20H24FN7O2/c1-12(22-7-8-26(2)3)19-24-18(25-30-19)17-16-10-27(4)20(29)14-9-13(21)5-6-15(14)28(16)11-23-17/h5-6,9,11-12,22H,7-8,10H2,1-4H3. The summed E-state index contributed by atoms with van der Waals surface area (Å²) in [5.74, 6) is 0.0990. The Labute approximate surface area is 173 Å². The molecule has 1 N–H and O–H groups in total. The highest BCUT2D eigenvalue weighted by atomic mass is 19.1. The van der Waals surface area contributed by atoms with Crippen LogP contribution in [0.3, 0.4) is 0 Å². The van der Waals surface area contributed by atoms with Crippen molar-refractivity contribution in [3.8, 4) is 17.2 Å². The number of benzene rings is 1. The lowest BCUT2D eigenvalue weighted by atomic mass is 10.1. The molecule has 0 fully saturated rings. The van der Waals surface area contributed by atoms with E-state index in [4.69, 9.17) is 4.52 Å². The van der Waals surface area contributed by atoms with Gasteiger partial charge in [-0.15, -0.1) is 0 Å². The number of amides is 1. The van der Waals surface area contributed by atoms with E-state index < -0.39 is 5.82 Å². The summed E-state index contributed by atoms with van der Waals surface area (Å²) >= 11 is 0. The van der Waals surface area contributed by atoms with Gasteiger partial charge in [0.05, 0.1) is 29.5 Å². The van der Waals surface area contributed by atoms with Crippen molar-refractivity contribution >= 4 is 5.91 Å². The van der Waals surface area contributed by atoms with Crippen LogP contribution in [0.4, 0.5) is 4.39 Å². The van der Waals surface area contributed by atoms with Crippen molar-refractivity contribution in [1.82, 2.24) is 34.8 Å². The third-order valence-electron chi connectivity index (χ3n) is 5.08. The maximum atomic E-state index is 13.7. The fourth-order valence-electron chi connectivity index (χ4n) is 3.41. The summed E-state index contributed by atoms with van der Waals surface area (Å²) in [5, 5.41) is 7.44. The molecule has 0 bridgehead atoms. The van der Waals surface area contributed by atoms with Gasteiger partial charge in [0.15, 0.2) is 0 Å². The predicted octanol–water partition coefficient (Wildman–Crippen LogP) is 1.86. The van der Waals surface area contributed by atoms with Gasteiger partial charge >= 0.3 is 0 Å². The molecule has 1 amide bonds. The van der Waals surface area contributed by atoms with Crippen molar-refractivity contribution in [2.75, 3.05) is 34.2 Å². The Morgan fingerprint density at radius 3 is 2.93 bits per heavy atom. The molecule has 0 saturated heterocycles. The smallest absolute Gasteiger partial charge is 0.256 e. The second kappa shape index (κ2) is 7.96. The number of hydrogen-bond acceptors (Lipinski definition) is 7. The minimum atomic E-state index is -0.460. The number of aromatic nitrogens is 4. The molecule has 1 aliphatic rings. The van der Waals surface area contributed by atoms with E-state index in [0.29, 0.717) is 23.1 Å². The zero-order valence-electron chi connectivity index (χ0n) is 17.4. The number of imidazole rings is 1. The third-order valence-corrected chi connectivity index (χ3v) is 5.08. The first-order chi connectivity index (χ1) is 14.3. The lowest BCUT2D eigenvalue weighted by Gasteiger charge is -2.14. The van der Waals surface area contributed by atoms with E-state index in [-0.39, 0.29) is 24.1 Å². The number of carbonyl (C=O) groups excluding carboxylic acids is 1. The lowest BCUT2D eigenvalue weighted by Crippen LogP contribution is -2.28. The van der Waals surface area contributed by atoms with Gasteiger partial charge in [0.2, 0.25) is 11.7 Å². The van der Waals surface area contributed by atoms with E-state index in [1.807, 2.05) is 21.0 Å². The molecule has 0 spiro atoms. The summed E-state index contributed by atoms with van der Waals surface area (Å²) in [7, 11) is 5.69. The Morgan fingerprint density at radius 1 is 1.37 bits per heavy atom. The zero-order valence-corrected chi connectivity index (χ0v) is 17.4. The minimum absolute atomic E-state index is 0.111. The quantitative estimate of drug-likeness (QED) is 0.659. The van der Waals surface area contributed by atoms with Gasteiger partial charge in [-0.25, -0.2) is 9.37 Å². The molecule has 1 atom stereocenters. The van der Waals surface area contributed by atoms with Crippen LogP contribution < -0.4 is 5.32 Å². The Kier molecular flexibility index (Phi) is 5.35. The molecule has 4 rings (SSSR count). The number of nitrogens with one attached hydrogen (secondary N) is 1. The third kappa shape index (κ3) is 3.71. The first-order valence-electron chi connectivity index (χ1n) is 9.69. The van der Waals surface area contributed by atoms with Crippen molar-refractivity contribution in [2.45, 2.75) is 19.5 Å². The van der Waals surface area contributed by atoms with Crippen molar-refractivity contribution in [1.29, 1.82) is 0 Å². The average molecular weight is 413 g/mol. The maximum absolute atomic E-state index is 13.7. The van der Waals surface area contributed by atoms with E-state index in [1.54, 1.807) is 24.0 Å². The summed E-state index contributed by atoms with van der Waals surface area (Å²) in [6.45, 7) is 3.91. The summed E-state index contributed by atoms with van der Waals surface area (Å²) in [5.41, 5.74) is 2.12. The molecule has 1 unspecified atom stereocenters. The molecule has 9 nitrogen and oxygen atoms in total. The number of hydrogen-bond donors (Lipinski definition) is 1. The van der Waals surface area contributed by atoms with E-state index in [9.17, 15) is 9.18 Å². The maximum Gasteiger partial charge on any atom is 0.256 e. The highest BCUT2D eigenvalue weighted by molar-refractivity contribution is 5.98. The summed E-state index contributed by atoms with van der Waals surface area (Å²) in [6, 6.07) is 4.04. The van der Waals surface area contributed by atoms with Crippen molar-refractivity contribution in [2.24, 2.45) is 0 Å². The fraction of sp³-hybridized carbons (Fsp3) is 0.400. The van der Waals surface area contributed by atoms with Gasteiger partial charge in [-0.1, -0.05) is 5.16 Å². The predicted molar refractivity (Wildman–Crippen MR) is 108 cm³/mol. The number of carbonyl (C=O) groups is 1. The van der Waals surface area contributed by atoms with E-state index in [2.05, 4.69) is 25.3 Å². The van der Waals surface area contributed by atoms with Crippen LogP contribution in [0.15, 0.2) is 29.0 Å². The van der Waals surface area contributed by atoms with Gasteiger partial charge in [-0.05, 0) is 39.2 Å². The topological polar surface area (TPSA) is 92.3 Å². The molecule has 158 valence electrons. The molecule has 3 heterocycles. The summed E-state index contributed by atoms with van der Waals surface area (Å²) in [6.07, 6.45) is 1.60. The Bertz CT molecular complexity index is 1080. The highest BCUT2D eigenvalue weighted by Gasteiger charge is 2.29. The van der Waals surface area contributed by atoms with Crippen LogP contribution >= 0.6 is 0 Å². The van der Waals surface area contributed by atoms with Crippen LogP contribution in [0.1, 0.15) is 34.9 Å². The van der Waals surface area contributed by atoms with E-state index in [0.717, 1.165) is 18.8 Å². The molecule has 2 aromatic heterocycles. The monoisotopic (exact) mass is 413 g/mol. The van der Waals surface area contributed by atoms with Crippen LogP contribution in [0.25, 0.3) is 17.2 Å². The second-order valence-electron chi connectivity index (χ2n) is 7.67. The number of halogens is 1. The molecular weight excluding hydrogens is 389 g/mol. The van der Waals surface area contributed by atoms with Gasteiger partial charge in [0, 0.05) is 20.1 Å². The largest absolute Gasteiger partial charge is 0.337 e. The van der Waals surface area contributed by atoms with Crippen LogP contribution in [0.2, 0.25) is 0 Å². The Balaban J connectivity index is 1.66. The molecule has 0 saturated carbocycles. The van der Waals surface area contributed by atoms with Crippen LogP contribution in [-0.2, 0) is 6.54 Å². The van der Waals surface area contributed by atoms with E-state index >= 15 is 0 Å². The lowest BCUT2D eigenvalue weighted by molar-refractivity contribution is 0.0787. The number of nitrogens with zero attached hydrogens (tertiary/aromatic N) is 6. The van der Waals surface area contributed by atoms with Gasteiger partial charge in [-0.2, -0.15) is 4.98 Å². The van der Waals surface area contributed by atoms with Crippen LogP contribution in [0.5, 0.6) is 0 Å². The number of fused-ring (bicyclic) bond motifs is 3. The molecule has 0 aliphatic carbocycles. The SMILES string of the molecule is CC(NCCN(C)C)c1nc(-c2ncn3c2CN(C)C(=O)c2cc(F)ccc2-3)no1. The molecule has 10 heteroatoms. The fourth-order valence-corrected chi connectivity index (χ4v) is 3.41. The van der Waals surface area contributed by atoms with E-state index in [1.165, 1.54) is 17.0 Å². The van der Waals surface area contributed by atoms with Gasteiger partial charge < -0.3 is 19.6 Å². The Morgan fingerprint density at radius 2 is 2.17 bits per heavy atom. The van der Waals surface area contributed by atoms with Crippen molar-refractivity contribution in [3.63, 3.8) is 0 Å². The first kappa shape index (κ1) is 20.2. The highest BCUT2D eigenvalue weighted by Crippen LogP contribution is 2.30. The molecule has 0 radical (unpaired) electrons. The minimum Gasteiger partial charge on any atom is -0.337 e. The number of likely N-dealkylation sites (N-methyl/N-ethyl adjacent to an activating group) is 1. The normalized spacial score (nSPS) is 14.6. The summed E-state index contributed by atoms with van der Waals surface area (Å²) in [4.78, 5) is 25.3. The van der Waals surface area contributed by atoms with Crippen LogP contribution in [0, 0.1) is 5.82 Å².